The second kappa shape index (κ2) is 5.96. The lowest BCUT2D eigenvalue weighted by atomic mass is 10.1. The van der Waals surface area contributed by atoms with Crippen LogP contribution in [0.2, 0.25) is 0 Å². The van der Waals surface area contributed by atoms with Crippen molar-refractivity contribution >= 4 is 28.2 Å². The smallest absolute Gasteiger partial charge is 0.353 e. The molecule has 1 aromatic heterocycles. The van der Waals surface area contributed by atoms with Crippen molar-refractivity contribution in [3.05, 3.63) is 27.9 Å². The van der Waals surface area contributed by atoms with Gasteiger partial charge in [-0.05, 0) is 28.1 Å². The van der Waals surface area contributed by atoms with E-state index >= 15 is 0 Å². The highest BCUT2D eigenvalue weighted by Gasteiger charge is 2.21. The summed E-state index contributed by atoms with van der Waals surface area (Å²) in [5.74, 6) is -0.578. The summed E-state index contributed by atoms with van der Waals surface area (Å²) in [7, 11) is 2.84. The van der Waals surface area contributed by atoms with Crippen LogP contribution in [0.4, 0.5) is 0 Å². The molecule has 2 N–H and O–H groups in total. The molecule has 1 heterocycles. The molecule has 0 aliphatic rings. The summed E-state index contributed by atoms with van der Waals surface area (Å²) in [5.41, 5.74) is 1.10. The Balaban J connectivity index is 2.70. The van der Waals surface area contributed by atoms with Crippen molar-refractivity contribution in [2.45, 2.75) is 0 Å². The molecule has 1 aromatic carbocycles. The number of rotatable bonds is 5. The van der Waals surface area contributed by atoms with Gasteiger partial charge in [-0.25, -0.2) is 4.79 Å². The Morgan fingerprint density at radius 3 is 2.48 bits per heavy atom. The monoisotopic (exact) mass is 354 g/mol. The molecule has 2 rings (SSSR count). The Morgan fingerprint density at radius 1 is 1.33 bits per heavy atom. The lowest BCUT2D eigenvalue weighted by Gasteiger charge is -2.14. The van der Waals surface area contributed by atoms with Crippen molar-refractivity contribution in [1.82, 2.24) is 10.2 Å². The fourth-order valence-corrected chi connectivity index (χ4v) is 2.40. The highest BCUT2D eigenvalue weighted by Crippen LogP contribution is 2.43. The van der Waals surface area contributed by atoms with Gasteiger partial charge in [-0.2, -0.15) is 5.10 Å². The number of carbonyl (C=O) groups is 2. The molecule has 0 saturated carbocycles. The highest BCUT2D eigenvalue weighted by molar-refractivity contribution is 9.10. The maximum Gasteiger partial charge on any atom is 0.353 e. The SMILES string of the molecule is COc1c(-c2cc(C(=O)O)[nH]n2)cc(Br)c(C=O)c1OC. The van der Waals surface area contributed by atoms with E-state index in [-0.39, 0.29) is 11.4 Å². The first kappa shape index (κ1) is 15.0. The van der Waals surface area contributed by atoms with Crippen LogP contribution >= 0.6 is 15.9 Å². The van der Waals surface area contributed by atoms with Gasteiger partial charge in [0.25, 0.3) is 0 Å². The van der Waals surface area contributed by atoms with Gasteiger partial charge in [0.2, 0.25) is 0 Å². The number of aromatic nitrogens is 2. The molecular formula is C13H11BrN2O5. The summed E-state index contributed by atoms with van der Waals surface area (Å²) in [6, 6.07) is 2.99. The molecule has 0 fully saturated rings. The molecule has 21 heavy (non-hydrogen) atoms. The molecule has 0 aliphatic heterocycles. The first-order valence-corrected chi connectivity index (χ1v) is 6.51. The quantitative estimate of drug-likeness (QED) is 0.799. The number of carboxylic acids is 1. The highest BCUT2D eigenvalue weighted by atomic mass is 79.9. The predicted octanol–water partition coefficient (Wildman–Crippen LogP) is 2.37. The third-order valence-electron chi connectivity index (χ3n) is 2.83. The van der Waals surface area contributed by atoms with Crippen LogP contribution in [0.3, 0.4) is 0 Å². The van der Waals surface area contributed by atoms with Gasteiger partial charge >= 0.3 is 5.97 Å². The van der Waals surface area contributed by atoms with E-state index in [0.29, 0.717) is 33.3 Å². The fourth-order valence-electron chi connectivity index (χ4n) is 1.90. The zero-order valence-corrected chi connectivity index (χ0v) is 12.7. The van der Waals surface area contributed by atoms with Gasteiger partial charge in [0, 0.05) is 10.0 Å². The maximum atomic E-state index is 11.2. The first-order valence-electron chi connectivity index (χ1n) is 5.72. The number of halogens is 1. The standard InChI is InChI=1S/C13H11BrN2O5/c1-20-11-6(9-4-10(13(18)19)16-15-9)3-8(14)7(5-17)12(11)21-2/h3-5H,1-2H3,(H,15,16)(H,18,19). The van der Waals surface area contributed by atoms with E-state index in [9.17, 15) is 9.59 Å². The summed E-state index contributed by atoms with van der Waals surface area (Å²) in [6.07, 6.45) is 0.641. The fraction of sp³-hybridized carbons (Fsp3) is 0.154. The van der Waals surface area contributed by atoms with Gasteiger partial charge in [0.15, 0.2) is 17.8 Å². The van der Waals surface area contributed by atoms with E-state index in [0.717, 1.165) is 0 Å². The Kier molecular flexibility index (Phi) is 4.27. The molecule has 0 bridgehead atoms. The zero-order valence-electron chi connectivity index (χ0n) is 11.1. The normalized spacial score (nSPS) is 10.2. The van der Waals surface area contributed by atoms with Crippen molar-refractivity contribution in [1.29, 1.82) is 0 Å². The number of H-pyrrole nitrogens is 1. The number of nitrogens with one attached hydrogen (secondary N) is 1. The first-order chi connectivity index (χ1) is 10.0. The Morgan fingerprint density at radius 2 is 2.00 bits per heavy atom. The molecular weight excluding hydrogens is 344 g/mol. The van der Waals surface area contributed by atoms with Crippen molar-refractivity contribution in [2.24, 2.45) is 0 Å². The second-order valence-electron chi connectivity index (χ2n) is 3.98. The average Bonchev–Trinajstić information content (AvgIpc) is 2.95. The molecule has 0 spiro atoms. The van der Waals surface area contributed by atoms with Crippen LogP contribution in [-0.2, 0) is 0 Å². The van der Waals surface area contributed by atoms with Crippen LogP contribution in [0, 0.1) is 0 Å². The Hall–Kier alpha value is -2.35. The van der Waals surface area contributed by atoms with E-state index in [1.54, 1.807) is 6.07 Å². The third-order valence-corrected chi connectivity index (χ3v) is 3.49. The van der Waals surface area contributed by atoms with Crippen LogP contribution < -0.4 is 9.47 Å². The zero-order chi connectivity index (χ0) is 15.6. The Bertz CT molecular complexity index is 711. The largest absolute Gasteiger partial charge is 0.492 e. The van der Waals surface area contributed by atoms with E-state index in [4.69, 9.17) is 14.6 Å². The van der Waals surface area contributed by atoms with Crippen molar-refractivity contribution in [3.63, 3.8) is 0 Å². The van der Waals surface area contributed by atoms with Crippen molar-refractivity contribution in [3.8, 4) is 22.8 Å². The minimum atomic E-state index is -1.12. The third kappa shape index (κ3) is 2.62. The summed E-state index contributed by atoms with van der Waals surface area (Å²) < 4.78 is 11.0. The molecule has 7 nitrogen and oxygen atoms in total. The molecule has 0 radical (unpaired) electrons. The van der Waals surface area contributed by atoms with E-state index < -0.39 is 5.97 Å². The van der Waals surface area contributed by atoms with Crippen molar-refractivity contribution in [2.75, 3.05) is 14.2 Å². The summed E-state index contributed by atoms with van der Waals surface area (Å²) >= 11 is 3.27. The number of hydrogen-bond donors (Lipinski definition) is 2. The lowest BCUT2D eigenvalue weighted by Crippen LogP contribution is -1.99. The van der Waals surface area contributed by atoms with Crippen LogP contribution in [0.5, 0.6) is 11.5 Å². The summed E-state index contributed by atoms with van der Waals surface area (Å²) in [6.45, 7) is 0. The van der Waals surface area contributed by atoms with Gasteiger partial charge in [-0.3, -0.25) is 9.89 Å². The summed E-state index contributed by atoms with van der Waals surface area (Å²) in [5, 5.41) is 15.3. The number of aldehydes is 1. The van der Waals surface area contributed by atoms with Crippen LogP contribution in [-0.4, -0.2) is 41.8 Å². The number of hydrogen-bond acceptors (Lipinski definition) is 5. The molecule has 0 saturated heterocycles. The number of carboxylic acid groups (broad SMARTS) is 1. The number of benzene rings is 1. The molecule has 8 heteroatoms. The lowest BCUT2D eigenvalue weighted by molar-refractivity contribution is 0.0690. The van der Waals surface area contributed by atoms with E-state index in [1.807, 2.05) is 0 Å². The van der Waals surface area contributed by atoms with Crippen LogP contribution in [0.15, 0.2) is 16.6 Å². The van der Waals surface area contributed by atoms with Gasteiger partial charge < -0.3 is 14.6 Å². The average molecular weight is 355 g/mol. The van der Waals surface area contributed by atoms with Crippen LogP contribution in [0.25, 0.3) is 11.3 Å². The topological polar surface area (TPSA) is 102 Å². The van der Waals surface area contributed by atoms with Gasteiger partial charge in [0.05, 0.1) is 25.5 Å². The number of nitrogens with zero attached hydrogens (tertiary/aromatic N) is 1. The van der Waals surface area contributed by atoms with E-state index in [2.05, 4.69) is 26.1 Å². The molecule has 0 aliphatic carbocycles. The predicted molar refractivity (Wildman–Crippen MR) is 77.2 cm³/mol. The van der Waals surface area contributed by atoms with E-state index in [1.165, 1.54) is 20.3 Å². The number of methoxy groups -OCH3 is 2. The van der Waals surface area contributed by atoms with Crippen molar-refractivity contribution < 1.29 is 24.2 Å². The maximum absolute atomic E-state index is 11.2. The number of carbonyl (C=O) groups excluding carboxylic acids is 1. The molecule has 2 aromatic rings. The van der Waals surface area contributed by atoms with Gasteiger partial charge in [-0.15, -0.1) is 0 Å². The molecule has 0 unspecified atom stereocenters. The second-order valence-corrected chi connectivity index (χ2v) is 4.83. The molecule has 0 amide bonds. The number of ether oxygens (including phenoxy) is 2. The van der Waals surface area contributed by atoms with Gasteiger partial charge in [-0.1, -0.05) is 0 Å². The Labute approximate surface area is 128 Å². The molecule has 110 valence electrons. The van der Waals surface area contributed by atoms with Gasteiger partial charge in [0.1, 0.15) is 5.69 Å². The van der Waals surface area contributed by atoms with Crippen LogP contribution in [0.1, 0.15) is 20.8 Å². The minimum Gasteiger partial charge on any atom is -0.492 e. The number of aromatic amines is 1. The summed E-state index contributed by atoms with van der Waals surface area (Å²) in [4.78, 5) is 22.1. The minimum absolute atomic E-state index is 0.0541. The number of aromatic carboxylic acids is 1. The molecule has 0 atom stereocenters.